The number of rotatable bonds is 8. The number of hydrogen-bond donors (Lipinski definition) is 0. The van der Waals surface area contributed by atoms with Gasteiger partial charge >= 0.3 is 0 Å². The zero-order valence-electron chi connectivity index (χ0n) is 15.7. The van der Waals surface area contributed by atoms with Gasteiger partial charge in [-0.25, -0.2) is 4.39 Å². The Bertz CT molecular complexity index is 782. The molecule has 0 spiro atoms. The summed E-state index contributed by atoms with van der Waals surface area (Å²) < 4.78 is 24.6. The molecule has 1 saturated heterocycles. The monoisotopic (exact) mass is 406 g/mol. The molecule has 1 aliphatic rings. The summed E-state index contributed by atoms with van der Waals surface area (Å²) in [5.41, 5.74) is 0. The number of hydrogen-bond acceptors (Lipinski definition) is 4. The van der Waals surface area contributed by atoms with E-state index in [1.165, 1.54) is 6.07 Å². The summed E-state index contributed by atoms with van der Waals surface area (Å²) in [6.45, 7) is 4.44. The van der Waals surface area contributed by atoms with E-state index in [2.05, 4.69) is 4.90 Å². The molecule has 0 radical (unpaired) electrons. The average molecular weight is 407 g/mol. The molecule has 3 rings (SSSR count). The Labute approximate surface area is 169 Å². The number of para-hydroxylation sites is 2. The molecule has 0 N–H and O–H groups in total. The fourth-order valence-corrected chi connectivity index (χ4v) is 3.23. The van der Waals surface area contributed by atoms with E-state index in [-0.39, 0.29) is 24.7 Å². The van der Waals surface area contributed by atoms with Crippen molar-refractivity contribution in [1.29, 1.82) is 0 Å². The number of amides is 1. The van der Waals surface area contributed by atoms with Crippen molar-refractivity contribution in [2.75, 3.05) is 45.9 Å². The number of carbonyl (C=O) groups is 1. The van der Waals surface area contributed by atoms with Gasteiger partial charge in [0.05, 0.1) is 18.1 Å². The number of carbonyl (C=O) groups excluding carboxylic acids is 1. The van der Waals surface area contributed by atoms with Gasteiger partial charge in [0, 0.05) is 32.7 Å². The molecule has 0 unspecified atom stereocenters. The van der Waals surface area contributed by atoms with Crippen molar-refractivity contribution in [3.8, 4) is 11.5 Å². The molecule has 0 atom stereocenters. The third kappa shape index (κ3) is 5.84. The molecule has 2 aromatic rings. The normalized spacial score (nSPS) is 14.7. The molecule has 1 fully saturated rings. The maximum absolute atomic E-state index is 13.5. The lowest BCUT2D eigenvalue weighted by Gasteiger charge is -2.34. The van der Waals surface area contributed by atoms with E-state index in [1.807, 2.05) is 23.1 Å². The maximum atomic E-state index is 13.5. The molecule has 28 heavy (non-hydrogen) atoms. The second-order valence-corrected chi connectivity index (χ2v) is 6.94. The molecule has 1 heterocycles. The van der Waals surface area contributed by atoms with Crippen molar-refractivity contribution in [2.24, 2.45) is 0 Å². The van der Waals surface area contributed by atoms with Gasteiger partial charge in [-0.1, -0.05) is 35.9 Å². The van der Waals surface area contributed by atoms with Crippen LogP contribution in [0.15, 0.2) is 48.5 Å². The lowest BCUT2D eigenvalue weighted by molar-refractivity contribution is -0.133. The van der Waals surface area contributed by atoms with Crippen LogP contribution in [0.25, 0.3) is 0 Å². The van der Waals surface area contributed by atoms with Crippen LogP contribution in [0.4, 0.5) is 4.39 Å². The maximum Gasteiger partial charge on any atom is 0.226 e. The summed E-state index contributed by atoms with van der Waals surface area (Å²) in [7, 11) is 0. The van der Waals surface area contributed by atoms with E-state index in [4.69, 9.17) is 21.1 Å². The van der Waals surface area contributed by atoms with Gasteiger partial charge < -0.3 is 14.4 Å². The van der Waals surface area contributed by atoms with E-state index in [9.17, 15) is 9.18 Å². The van der Waals surface area contributed by atoms with Crippen LogP contribution in [0.3, 0.4) is 0 Å². The van der Waals surface area contributed by atoms with Gasteiger partial charge in [-0.05, 0) is 24.3 Å². The summed E-state index contributed by atoms with van der Waals surface area (Å²) in [6.07, 6.45) is 0.240. The summed E-state index contributed by atoms with van der Waals surface area (Å²) in [6, 6.07) is 13.6. The molecule has 0 aromatic heterocycles. The second kappa shape index (κ2) is 10.3. The van der Waals surface area contributed by atoms with Gasteiger partial charge in [-0.3, -0.25) is 9.69 Å². The third-order valence-electron chi connectivity index (χ3n) is 4.64. The molecule has 2 aromatic carbocycles. The Morgan fingerprint density at radius 1 is 0.929 bits per heavy atom. The van der Waals surface area contributed by atoms with Gasteiger partial charge in [0.1, 0.15) is 12.4 Å². The van der Waals surface area contributed by atoms with Crippen molar-refractivity contribution in [3.05, 3.63) is 59.4 Å². The van der Waals surface area contributed by atoms with Crippen LogP contribution in [0, 0.1) is 5.82 Å². The Hall–Kier alpha value is -2.31. The minimum atomic E-state index is -0.414. The van der Waals surface area contributed by atoms with E-state index in [0.717, 1.165) is 19.6 Å². The Balaban J connectivity index is 1.32. The number of piperazine rings is 1. The highest BCUT2D eigenvalue weighted by atomic mass is 35.5. The fraction of sp³-hybridized carbons (Fsp3) is 0.381. The van der Waals surface area contributed by atoms with E-state index >= 15 is 0 Å². The molecule has 1 aliphatic heterocycles. The zero-order chi connectivity index (χ0) is 19.8. The summed E-state index contributed by atoms with van der Waals surface area (Å²) in [4.78, 5) is 16.4. The van der Waals surface area contributed by atoms with E-state index < -0.39 is 5.82 Å². The zero-order valence-corrected chi connectivity index (χ0v) is 16.4. The summed E-state index contributed by atoms with van der Waals surface area (Å²) >= 11 is 6.08. The van der Waals surface area contributed by atoms with Crippen LogP contribution in [-0.2, 0) is 4.79 Å². The van der Waals surface area contributed by atoms with E-state index in [0.29, 0.717) is 30.5 Å². The molecular weight excluding hydrogens is 383 g/mol. The molecule has 150 valence electrons. The first-order valence-electron chi connectivity index (χ1n) is 9.38. The third-order valence-corrected chi connectivity index (χ3v) is 4.95. The minimum absolute atomic E-state index is 0.0308. The lowest BCUT2D eigenvalue weighted by Crippen LogP contribution is -2.49. The highest BCUT2D eigenvalue weighted by molar-refractivity contribution is 6.32. The van der Waals surface area contributed by atoms with Crippen molar-refractivity contribution in [3.63, 3.8) is 0 Å². The van der Waals surface area contributed by atoms with Crippen molar-refractivity contribution < 1.29 is 18.7 Å². The average Bonchev–Trinajstić information content (AvgIpc) is 2.71. The fourth-order valence-electron chi connectivity index (χ4n) is 3.04. The largest absolute Gasteiger partial charge is 0.491 e. The van der Waals surface area contributed by atoms with Crippen LogP contribution >= 0.6 is 11.6 Å². The van der Waals surface area contributed by atoms with Gasteiger partial charge in [0.2, 0.25) is 5.91 Å². The number of halogens is 2. The predicted molar refractivity (Wildman–Crippen MR) is 106 cm³/mol. The molecule has 0 aliphatic carbocycles. The molecule has 0 bridgehead atoms. The first kappa shape index (κ1) is 20.4. The summed E-state index contributed by atoms with van der Waals surface area (Å²) in [5.74, 6) is 0.484. The second-order valence-electron chi connectivity index (χ2n) is 6.53. The highest BCUT2D eigenvalue weighted by Gasteiger charge is 2.21. The minimum Gasteiger partial charge on any atom is -0.491 e. The Morgan fingerprint density at radius 2 is 1.57 bits per heavy atom. The number of ether oxygens (including phenoxy) is 2. The van der Waals surface area contributed by atoms with Crippen molar-refractivity contribution in [2.45, 2.75) is 6.42 Å². The summed E-state index contributed by atoms with van der Waals surface area (Å²) in [5, 5.41) is 0.607. The first-order valence-corrected chi connectivity index (χ1v) is 9.76. The van der Waals surface area contributed by atoms with Gasteiger partial charge in [-0.15, -0.1) is 0 Å². The van der Waals surface area contributed by atoms with Crippen LogP contribution in [0.2, 0.25) is 5.02 Å². The van der Waals surface area contributed by atoms with Crippen LogP contribution in [-0.4, -0.2) is 61.6 Å². The Morgan fingerprint density at radius 3 is 2.29 bits per heavy atom. The molecule has 7 heteroatoms. The lowest BCUT2D eigenvalue weighted by atomic mass is 10.2. The quantitative estimate of drug-likeness (QED) is 0.673. The molecular formula is C21H24ClFN2O3. The smallest absolute Gasteiger partial charge is 0.226 e. The Kier molecular flexibility index (Phi) is 7.51. The first-order chi connectivity index (χ1) is 13.6. The van der Waals surface area contributed by atoms with Crippen LogP contribution in [0.1, 0.15) is 6.42 Å². The van der Waals surface area contributed by atoms with Gasteiger partial charge in [0.15, 0.2) is 11.6 Å². The molecule has 5 nitrogen and oxygen atoms in total. The topological polar surface area (TPSA) is 42.0 Å². The molecule has 0 saturated carbocycles. The van der Waals surface area contributed by atoms with Crippen molar-refractivity contribution >= 4 is 17.5 Å². The molecule has 1 amide bonds. The number of nitrogens with zero attached hydrogens (tertiary/aromatic N) is 2. The predicted octanol–water partition coefficient (Wildman–Crippen LogP) is 3.47. The van der Waals surface area contributed by atoms with Crippen LogP contribution < -0.4 is 9.47 Å². The van der Waals surface area contributed by atoms with Gasteiger partial charge in [0.25, 0.3) is 0 Å². The van der Waals surface area contributed by atoms with Crippen LogP contribution in [0.5, 0.6) is 11.5 Å². The standard InChI is InChI=1S/C21H24ClFN2O3/c22-17-5-1-3-7-19(17)28-16-14-24-10-12-25(13-11-24)21(26)9-15-27-20-8-4-2-6-18(20)23/h1-8H,9-16H2. The number of benzene rings is 2. The highest BCUT2D eigenvalue weighted by Crippen LogP contribution is 2.23. The SMILES string of the molecule is O=C(CCOc1ccccc1F)N1CCN(CCOc2ccccc2Cl)CC1. The van der Waals surface area contributed by atoms with Gasteiger partial charge in [-0.2, -0.15) is 0 Å². The van der Waals surface area contributed by atoms with E-state index in [1.54, 1.807) is 24.3 Å². The van der Waals surface area contributed by atoms with Crippen molar-refractivity contribution in [1.82, 2.24) is 9.80 Å².